The lowest BCUT2D eigenvalue weighted by Gasteiger charge is -2.35. The van der Waals surface area contributed by atoms with E-state index in [2.05, 4.69) is 23.3 Å². The molecule has 4 heteroatoms. The van der Waals surface area contributed by atoms with Crippen LogP contribution in [-0.4, -0.2) is 23.1 Å². The maximum Gasteiger partial charge on any atom is 0.101 e. The van der Waals surface area contributed by atoms with Gasteiger partial charge in [-0.05, 0) is 31.9 Å². The normalized spacial score (nSPS) is 25.2. The molecule has 1 aliphatic rings. The number of pyridine rings is 1. The van der Waals surface area contributed by atoms with Gasteiger partial charge < -0.3 is 5.32 Å². The topological polar surface area (TPSA) is 37.8 Å². The van der Waals surface area contributed by atoms with Gasteiger partial charge in [0.15, 0.2) is 0 Å². The minimum absolute atomic E-state index is 0.252. The number of hydrogen-bond acceptors (Lipinski definition) is 4. The lowest BCUT2D eigenvalue weighted by Crippen LogP contribution is -2.42. The molecule has 0 radical (unpaired) electrons. The summed E-state index contributed by atoms with van der Waals surface area (Å²) >= 11 is 1.84. The first-order chi connectivity index (χ1) is 8.34. The van der Waals surface area contributed by atoms with Crippen molar-refractivity contribution >= 4 is 21.6 Å². The van der Waals surface area contributed by atoms with Crippen LogP contribution in [0.3, 0.4) is 0 Å². The molecule has 3 nitrogen and oxygen atoms in total. The van der Waals surface area contributed by atoms with Gasteiger partial charge in [0, 0.05) is 18.2 Å². The Hall–Kier alpha value is -1.00. The number of thiazole rings is 1. The molecule has 0 spiro atoms. The van der Waals surface area contributed by atoms with Crippen molar-refractivity contribution in [2.45, 2.75) is 31.6 Å². The van der Waals surface area contributed by atoms with Crippen molar-refractivity contribution in [3.63, 3.8) is 0 Å². The van der Waals surface area contributed by atoms with Gasteiger partial charge in [0.2, 0.25) is 0 Å². The van der Waals surface area contributed by atoms with Gasteiger partial charge in [-0.15, -0.1) is 11.3 Å². The minimum atomic E-state index is 0.252. The fourth-order valence-electron chi connectivity index (χ4n) is 2.61. The molecule has 17 heavy (non-hydrogen) atoms. The van der Waals surface area contributed by atoms with Gasteiger partial charge in [0.1, 0.15) is 5.01 Å². The van der Waals surface area contributed by atoms with Crippen LogP contribution >= 0.6 is 11.3 Å². The Kier molecular flexibility index (Phi) is 2.84. The molecule has 3 rings (SSSR count). The van der Waals surface area contributed by atoms with E-state index < -0.39 is 0 Å². The van der Waals surface area contributed by atoms with Crippen LogP contribution in [0.25, 0.3) is 10.2 Å². The molecule has 90 valence electrons. The van der Waals surface area contributed by atoms with Crippen LogP contribution in [0, 0.1) is 0 Å². The van der Waals surface area contributed by atoms with Crippen LogP contribution in [-0.2, 0) is 5.41 Å². The molecule has 2 aromatic rings. The van der Waals surface area contributed by atoms with E-state index >= 15 is 0 Å². The number of nitrogens with zero attached hydrogens (tertiary/aromatic N) is 2. The van der Waals surface area contributed by atoms with Crippen LogP contribution in [0.4, 0.5) is 0 Å². The van der Waals surface area contributed by atoms with E-state index in [1.54, 1.807) is 0 Å². The molecule has 1 unspecified atom stereocenters. The van der Waals surface area contributed by atoms with Crippen LogP contribution in [0.2, 0.25) is 0 Å². The zero-order valence-corrected chi connectivity index (χ0v) is 10.9. The standard InChI is InChI=1S/C13H17N3S/c1-2-13(5-3-6-15-9-13)12-16-10-8-14-7-4-11(10)17-12/h4,7-8,15H,2-3,5-6,9H2,1H3. The number of nitrogens with one attached hydrogen (secondary N) is 1. The molecule has 0 aromatic carbocycles. The average molecular weight is 247 g/mol. The zero-order valence-electron chi connectivity index (χ0n) is 10.1. The number of fused-ring (bicyclic) bond motifs is 1. The lowest BCUT2D eigenvalue weighted by atomic mass is 9.79. The highest BCUT2D eigenvalue weighted by molar-refractivity contribution is 7.18. The first-order valence-corrected chi connectivity index (χ1v) is 7.07. The van der Waals surface area contributed by atoms with Crippen molar-refractivity contribution in [2.75, 3.05) is 13.1 Å². The lowest BCUT2D eigenvalue weighted by molar-refractivity contribution is 0.302. The van der Waals surface area contributed by atoms with Gasteiger partial charge in [-0.25, -0.2) is 4.98 Å². The van der Waals surface area contributed by atoms with Crippen molar-refractivity contribution < 1.29 is 0 Å². The molecule has 3 heterocycles. The largest absolute Gasteiger partial charge is 0.316 e. The van der Waals surface area contributed by atoms with Crippen molar-refractivity contribution in [2.24, 2.45) is 0 Å². The summed E-state index contributed by atoms with van der Waals surface area (Å²) in [6.07, 6.45) is 7.38. The van der Waals surface area contributed by atoms with E-state index in [9.17, 15) is 0 Å². The summed E-state index contributed by atoms with van der Waals surface area (Å²) in [6.45, 7) is 4.49. The van der Waals surface area contributed by atoms with E-state index in [1.165, 1.54) is 22.5 Å². The Morgan fingerprint density at radius 1 is 1.53 bits per heavy atom. The Morgan fingerprint density at radius 2 is 2.47 bits per heavy atom. The summed E-state index contributed by atoms with van der Waals surface area (Å²) in [7, 11) is 0. The summed E-state index contributed by atoms with van der Waals surface area (Å²) in [6, 6.07) is 2.07. The number of piperidine rings is 1. The zero-order chi connectivity index (χ0) is 11.7. The molecule has 2 aromatic heterocycles. The average Bonchev–Trinajstić information content (AvgIpc) is 2.84. The van der Waals surface area contributed by atoms with Crippen molar-refractivity contribution in [1.82, 2.24) is 15.3 Å². The highest BCUT2D eigenvalue weighted by Gasteiger charge is 2.35. The van der Waals surface area contributed by atoms with Crippen LogP contribution in [0.1, 0.15) is 31.2 Å². The minimum Gasteiger partial charge on any atom is -0.316 e. The SMILES string of the molecule is CCC1(c2nc3cnccc3s2)CCCNC1. The quantitative estimate of drug-likeness (QED) is 0.886. The van der Waals surface area contributed by atoms with Gasteiger partial charge in [-0.1, -0.05) is 6.92 Å². The van der Waals surface area contributed by atoms with Crippen molar-refractivity contribution in [1.29, 1.82) is 0 Å². The monoisotopic (exact) mass is 247 g/mol. The molecule has 0 aliphatic carbocycles. The van der Waals surface area contributed by atoms with Gasteiger partial charge in [-0.3, -0.25) is 4.98 Å². The molecule has 0 bridgehead atoms. The summed E-state index contributed by atoms with van der Waals surface area (Å²) in [5.41, 5.74) is 1.30. The van der Waals surface area contributed by atoms with E-state index in [0.717, 1.165) is 25.0 Å². The Labute approximate surface area is 105 Å². The highest BCUT2D eigenvalue weighted by atomic mass is 32.1. The van der Waals surface area contributed by atoms with Crippen LogP contribution in [0.15, 0.2) is 18.5 Å². The Morgan fingerprint density at radius 3 is 3.18 bits per heavy atom. The highest BCUT2D eigenvalue weighted by Crippen LogP contribution is 2.38. The van der Waals surface area contributed by atoms with E-state index in [1.807, 2.05) is 23.7 Å². The van der Waals surface area contributed by atoms with Gasteiger partial charge in [-0.2, -0.15) is 0 Å². The fraction of sp³-hybridized carbons (Fsp3) is 0.538. The van der Waals surface area contributed by atoms with Crippen LogP contribution in [0.5, 0.6) is 0 Å². The molecule has 1 N–H and O–H groups in total. The van der Waals surface area contributed by atoms with Gasteiger partial charge in [0.05, 0.1) is 16.4 Å². The Balaban J connectivity index is 2.05. The van der Waals surface area contributed by atoms with E-state index in [-0.39, 0.29) is 5.41 Å². The molecule has 1 aliphatic heterocycles. The van der Waals surface area contributed by atoms with Crippen molar-refractivity contribution in [3.05, 3.63) is 23.5 Å². The summed E-state index contributed by atoms with van der Waals surface area (Å²) in [4.78, 5) is 8.94. The molecular formula is C13H17N3S. The Bertz CT molecular complexity index is 481. The van der Waals surface area contributed by atoms with E-state index in [0.29, 0.717) is 0 Å². The first-order valence-electron chi connectivity index (χ1n) is 6.26. The predicted octanol–water partition coefficient (Wildman–Crippen LogP) is 2.72. The second-order valence-corrected chi connectivity index (χ2v) is 5.81. The van der Waals surface area contributed by atoms with Crippen molar-refractivity contribution in [3.8, 4) is 0 Å². The first kappa shape index (κ1) is 11.1. The second kappa shape index (κ2) is 4.35. The van der Waals surface area contributed by atoms with Gasteiger partial charge in [0.25, 0.3) is 0 Å². The molecule has 1 atom stereocenters. The summed E-state index contributed by atoms with van der Waals surface area (Å²) in [5.74, 6) is 0. The molecule has 1 fully saturated rings. The van der Waals surface area contributed by atoms with Gasteiger partial charge >= 0.3 is 0 Å². The van der Waals surface area contributed by atoms with E-state index in [4.69, 9.17) is 4.98 Å². The predicted molar refractivity (Wildman–Crippen MR) is 71.5 cm³/mol. The number of aromatic nitrogens is 2. The molecular weight excluding hydrogens is 230 g/mol. The summed E-state index contributed by atoms with van der Waals surface area (Å²) < 4.78 is 1.26. The summed E-state index contributed by atoms with van der Waals surface area (Å²) in [5, 5.41) is 4.81. The maximum absolute atomic E-state index is 4.80. The molecule has 1 saturated heterocycles. The number of hydrogen-bond donors (Lipinski definition) is 1. The fourth-order valence-corrected chi connectivity index (χ4v) is 3.83. The van der Waals surface area contributed by atoms with Crippen LogP contribution < -0.4 is 5.32 Å². The maximum atomic E-state index is 4.80. The third kappa shape index (κ3) is 1.85. The molecule has 0 amide bonds. The number of rotatable bonds is 2. The third-order valence-corrected chi connectivity index (χ3v) is 5.08. The smallest absolute Gasteiger partial charge is 0.101 e. The third-order valence-electron chi connectivity index (χ3n) is 3.79. The second-order valence-electron chi connectivity index (χ2n) is 4.78. The molecule has 0 saturated carbocycles.